The van der Waals surface area contributed by atoms with Crippen LogP contribution in [0.15, 0.2) is 12.1 Å². The monoisotopic (exact) mass is 266 g/mol. The van der Waals surface area contributed by atoms with Crippen LogP contribution in [0.2, 0.25) is 0 Å². The molecule has 0 bridgehead atoms. The number of esters is 1. The Morgan fingerprint density at radius 2 is 2.12 bits per heavy atom. The van der Waals surface area contributed by atoms with Gasteiger partial charge in [0.25, 0.3) is 0 Å². The fourth-order valence-corrected chi connectivity index (χ4v) is 2.41. The summed E-state index contributed by atoms with van der Waals surface area (Å²) in [6.07, 6.45) is -5.08. The van der Waals surface area contributed by atoms with Gasteiger partial charge in [0.05, 0.1) is 18.9 Å². The van der Waals surface area contributed by atoms with E-state index in [1.807, 2.05) is 0 Å². The highest BCUT2D eigenvalue weighted by molar-refractivity contribution is 7.12. The fourth-order valence-electron chi connectivity index (χ4n) is 1.40. The number of ether oxygens (including phenoxy) is 1. The third-order valence-corrected chi connectivity index (χ3v) is 3.29. The largest absolute Gasteiger partial charge is 0.466 e. The Morgan fingerprint density at radius 1 is 1.47 bits per heavy atom. The molecule has 0 radical (unpaired) electrons. The first-order valence-corrected chi connectivity index (χ1v) is 5.95. The standard InChI is InChI=1S/C11H13F3O2S/c1-3-16-10(15)6-8(11(12,13)14)9-5-4-7(2)17-9/h4-5,8H,3,6H2,1-2H3. The number of alkyl halides is 3. The third kappa shape index (κ3) is 4.03. The maximum Gasteiger partial charge on any atom is 0.397 e. The normalized spacial score (nSPS) is 13.5. The van der Waals surface area contributed by atoms with Crippen molar-refractivity contribution in [1.29, 1.82) is 0 Å². The van der Waals surface area contributed by atoms with Gasteiger partial charge in [0.1, 0.15) is 0 Å². The number of halogens is 3. The molecule has 0 N–H and O–H groups in total. The Kier molecular flexibility index (Phi) is 4.56. The molecule has 6 heteroatoms. The Morgan fingerprint density at radius 3 is 2.53 bits per heavy atom. The minimum absolute atomic E-state index is 0.0902. The molecule has 1 unspecified atom stereocenters. The van der Waals surface area contributed by atoms with Gasteiger partial charge in [-0.25, -0.2) is 0 Å². The van der Waals surface area contributed by atoms with E-state index < -0.39 is 24.5 Å². The van der Waals surface area contributed by atoms with Gasteiger partial charge in [-0.3, -0.25) is 4.79 Å². The summed E-state index contributed by atoms with van der Waals surface area (Å²) in [6.45, 7) is 3.38. The number of hydrogen-bond acceptors (Lipinski definition) is 3. The minimum atomic E-state index is -4.43. The maximum atomic E-state index is 12.8. The number of carbonyl (C=O) groups is 1. The molecule has 1 aromatic rings. The van der Waals surface area contributed by atoms with Crippen LogP contribution < -0.4 is 0 Å². The van der Waals surface area contributed by atoms with Gasteiger partial charge in [0.2, 0.25) is 0 Å². The highest BCUT2D eigenvalue weighted by atomic mass is 32.1. The van der Waals surface area contributed by atoms with E-state index in [1.54, 1.807) is 19.9 Å². The molecule has 17 heavy (non-hydrogen) atoms. The molecule has 0 amide bonds. The lowest BCUT2D eigenvalue weighted by atomic mass is 10.0. The first kappa shape index (κ1) is 14.0. The highest BCUT2D eigenvalue weighted by Gasteiger charge is 2.43. The molecule has 0 aromatic carbocycles. The average molecular weight is 266 g/mol. The Hall–Kier alpha value is -1.04. The van der Waals surface area contributed by atoms with Crippen LogP contribution in [0.5, 0.6) is 0 Å². The summed E-state index contributed by atoms with van der Waals surface area (Å²) in [7, 11) is 0. The van der Waals surface area contributed by atoms with E-state index in [9.17, 15) is 18.0 Å². The summed E-state index contributed by atoms with van der Waals surface area (Å²) < 4.78 is 43.0. The number of rotatable bonds is 4. The molecule has 0 spiro atoms. The molecular formula is C11H13F3O2S. The van der Waals surface area contributed by atoms with Gasteiger partial charge in [0, 0.05) is 9.75 Å². The molecule has 96 valence electrons. The average Bonchev–Trinajstić information content (AvgIpc) is 2.59. The first-order chi connectivity index (χ1) is 7.84. The summed E-state index contributed by atoms with van der Waals surface area (Å²) in [4.78, 5) is 12.1. The van der Waals surface area contributed by atoms with Crippen molar-refractivity contribution in [1.82, 2.24) is 0 Å². The van der Waals surface area contributed by atoms with Crippen molar-refractivity contribution in [3.05, 3.63) is 21.9 Å². The zero-order chi connectivity index (χ0) is 13.1. The molecular weight excluding hydrogens is 253 g/mol. The molecule has 1 rings (SSSR count). The summed E-state index contributed by atoms with van der Waals surface area (Å²) in [5.74, 6) is -2.58. The smallest absolute Gasteiger partial charge is 0.397 e. The van der Waals surface area contributed by atoms with E-state index in [0.717, 1.165) is 16.2 Å². The minimum Gasteiger partial charge on any atom is -0.466 e. The highest BCUT2D eigenvalue weighted by Crippen LogP contribution is 2.40. The van der Waals surface area contributed by atoms with Crippen molar-refractivity contribution in [2.45, 2.75) is 32.4 Å². The van der Waals surface area contributed by atoms with Gasteiger partial charge < -0.3 is 4.74 Å². The summed E-state index contributed by atoms with van der Waals surface area (Å²) >= 11 is 1.06. The van der Waals surface area contributed by atoms with Gasteiger partial charge >= 0.3 is 12.1 Å². The van der Waals surface area contributed by atoms with Crippen molar-refractivity contribution in [3.63, 3.8) is 0 Å². The van der Waals surface area contributed by atoms with Gasteiger partial charge in [-0.15, -0.1) is 11.3 Å². The zero-order valence-electron chi connectivity index (χ0n) is 9.50. The van der Waals surface area contributed by atoms with Gasteiger partial charge in [-0.05, 0) is 26.0 Å². The summed E-state index contributed by atoms with van der Waals surface area (Å²) in [6, 6.07) is 3.03. The maximum absolute atomic E-state index is 12.8. The van der Waals surface area contributed by atoms with Gasteiger partial charge in [-0.2, -0.15) is 13.2 Å². The zero-order valence-corrected chi connectivity index (χ0v) is 10.3. The van der Waals surface area contributed by atoms with Crippen LogP contribution in [0.1, 0.15) is 29.0 Å². The van der Waals surface area contributed by atoms with Crippen molar-refractivity contribution in [3.8, 4) is 0 Å². The SMILES string of the molecule is CCOC(=O)CC(c1ccc(C)s1)C(F)(F)F. The second-order valence-corrected chi connectivity index (χ2v) is 4.87. The van der Waals surface area contributed by atoms with E-state index in [-0.39, 0.29) is 11.5 Å². The van der Waals surface area contributed by atoms with E-state index in [0.29, 0.717) is 0 Å². The Labute approximate surface area is 101 Å². The molecule has 1 heterocycles. The number of aryl methyl sites for hydroxylation is 1. The van der Waals surface area contributed by atoms with Crippen LogP contribution in [-0.2, 0) is 9.53 Å². The molecule has 0 saturated heterocycles. The van der Waals surface area contributed by atoms with E-state index in [4.69, 9.17) is 0 Å². The van der Waals surface area contributed by atoms with Crippen LogP contribution in [0.4, 0.5) is 13.2 Å². The molecule has 0 saturated carbocycles. The number of hydrogen-bond donors (Lipinski definition) is 0. The number of thiophene rings is 1. The second-order valence-electron chi connectivity index (χ2n) is 3.55. The van der Waals surface area contributed by atoms with E-state index in [2.05, 4.69) is 4.74 Å². The van der Waals surface area contributed by atoms with Crippen molar-refractivity contribution in [2.75, 3.05) is 6.61 Å². The predicted molar refractivity (Wildman–Crippen MR) is 59.1 cm³/mol. The fraction of sp³-hybridized carbons (Fsp3) is 0.545. The lowest BCUT2D eigenvalue weighted by molar-refractivity contribution is -0.165. The molecule has 1 atom stereocenters. The molecule has 2 nitrogen and oxygen atoms in total. The molecule has 0 aliphatic carbocycles. The third-order valence-electron chi connectivity index (χ3n) is 2.18. The molecule has 0 fully saturated rings. The first-order valence-electron chi connectivity index (χ1n) is 5.13. The van der Waals surface area contributed by atoms with E-state index in [1.165, 1.54) is 6.07 Å². The summed E-state index contributed by atoms with van der Waals surface area (Å²) in [5.41, 5.74) is 0. The Balaban J connectivity index is 2.86. The molecule has 0 aliphatic rings. The van der Waals surface area contributed by atoms with Crippen molar-refractivity contribution < 1.29 is 22.7 Å². The molecule has 1 aromatic heterocycles. The lowest BCUT2D eigenvalue weighted by Gasteiger charge is -2.18. The van der Waals surface area contributed by atoms with Crippen molar-refractivity contribution in [2.24, 2.45) is 0 Å². The van der Waals surface area contributed by atoms with Crippen molar-refractivity contribution >= 4 is 17.3 Å². The van der Waals surface area contributed by atoms with Crippen LogP contribution in [0.25, 0.3) is 0 Å². The summed E-state index contributed by atoms with van der Waals surface area (Å²) in [5, 5.41) is 0. The topological polar surface area (TPSA) is 26.3 Å². The van der Waals surface area contributed by atoms with Crippen LogP contribution in [0, 0.1) is 6.92 Å². The second kappa shape index (κ2) is 5.53. The van der Waals surface area contributed by atoms with E-state index >= 15 is 0 Å². The van der Waals surface area contributed by atoms with Crippen LogP contribution >= 0.6 is 11.3 Å². The quantitative estimate of drug-likeness (QED) is 0.777. The van der Waals surface area contributed by atoms with Crippen LogP contribution in [0.3, 0.4) is 0 Å². The molecule has 0 aliphatic heterocycles. The van der Waals surface area contributed by atoms with Gasteiger partial charge in [0.15, 0.2) is 0 Å². The lowest BCUT2D eigenvalue weighted by Crippen LogP contribution is -2.23. The predicted octanol–water partition coefficient (Wildman–Crippen LogP) is 3.66. The number of carbonyl (C=O) groups excluding carboxylic acids is 1. The Bertz CT molecular complexity index is 384. The van der Waals surface area contributed by atoms with Crippen LogP contribution in [-0.4, -0.2) is 18.8 Å². The van der Waals surface area contributed by atoms with Gasteiger partial charge in [-0.1, -0.05) is 0 Å².